The molecule has 0 heterocycles. The third-order valence-corrected chi connectivity index (χ3v) is 2.38. The van der Waals surface area contributed by atoms with Gasteiger partial charge in [-0.2, -0.15) is 0 Å². The Morgan fingerprint density at radius 1 is 1.56 bits per heavy atom. The number of nitro groups is 1. The minimum absolute atomic E-state index is 0.167. The summed E-state index contributed by atoms with van der Waals surface area (Å²) in [5.41, 5.74) is -0.663. The Balaban J connectivity index is 3.31. The van der Waals surface area contributed by atoms with Gasteiger partial charge in [0, 0.05) is 13.6 Å². The van der Waals surface area contributed by atoms with E-state index in [2.05, 4.69) is 0 Å². The Hall–Kier alpha value is -2.15. The van der Waals surface area contributed by atoms with Crippen LogP contribution in [0, 0.1) is 10.1 Å². The first kappa shape index (κ1) is 13.9. The van der Waals surface area contributed by atoms with Crippen LogP contribution in [0.5, 0.6) is 0 Å². The van der Waals surface area contributed by atoms with Crippen molar-refractivity contribution in [3.8, 4) is 0 Å². The lowest BCUT2D eigenvalue weighted by atomic mass is 10.1. The number of aromatic carboxylic acids is 1. The van der Waals surface area contributed by atoms with Crippen LogP contribution in [-0.2, 0) is 0 Å². The Morgan fingerprint density at radius 2 is 2.17 bits per heavy atom. The summed E-state index contributed by atoms with van der Waals surface area (Å²) >= 11 is 0. The maximum Gasteiger partial charge on any atom is 0.342 e. The molecule has 0 saturated carbocycles. The molecule has 0 fully saturated rings. The lowest BCUT2D eigenvalue weighted by Gasteiger charge is -2.21. The molecule has 0 aliphatic heterocycles. The average Bonchev–Trinajstić information content (AvgIpc) is 2.26. The van der Waals surface area contributed by atoms with E-state index in [-0.39, 0.29) is 17.8 Å². The van der Waals surface area contributed by atoms with Crippen LogP contribution in [0.4, 0.5) is 11.4 Å². The van der Waals surface area contributed by atoms with Crippen molar-refractivity contribution in [3.63, 3.8) is 0 Å². The molecular weight excluding hydrogens is 240 g/mol. The summed E-state index contributed by atoms with van der Waals surface area (Å²) in [6.45, 7) is 1.72. The zero-order valence-electron chi connectivity index (χ0n) is 10.0. The van der Waals surface area contributed by atoms with Gasteiger partial charge in [0.2, 0.25) is 0 Å². The third-order valence-electron chi connectivity index (χ3n) is 2.38. The average molecular weight is 254 g/mol. The Kier molecular flexibility index (Phi) is 4.22. The SMILES string of the molecule is CC(O)CN(C)c1cccc(C(=O)O)c1[N+](=O)[O-]. The molecule has 1 atom stereocenters. The molecule has 18 heavy (non-hydrogen) atoms. The Labute approximate surface area is 103 Å². The van der Waals surface area contributed by atoms with E-state index in [1.165, 1.54) is 23.1 Å². The molecule has 0 aromatic heterocycles. The van der Waals surface area contributed by atoms with Gasteiger partial charge in [-0.05, 0) is 19.1 Å². The fourth-order valence-corrected chi connectivity index (χ4v) is 1.70. The first-order valence-electron chi connectivity index (χ1n) is 5.24. The highest BCUT2D eigenvalue weighted by molar-refractivity contribution is 5.95. The summed E-state index contributed by atoms with van der Waals surface area (Å²) in [7, 11) is 1.56. The number of nitrogens with zero attached hydrogens (tertiary/aromatic N) is 2. The van der Waals surface area contributed by atoms with Crippen molar-refractivity contribution in [1.82, 2.24) is 0 Å². The molecule has 0 radical (unpaired) electrons. The van der Waals surface area contributed by atoms with Crippen LogP contribution in [-0.4, -0.2) is 40.8 Å². The highest BCUT2D eigenvalue weighted by Crippen LogP contribution is 2.31. The molecule has 7 heteroatoms. The number of carboxylic acids is 1. The number of aliphatic hydroxyl groups is 1. The van der Waals surface area contributed by atoms with Crippen molar-refractivity contribution >= 4 is 17.3 Å². The third kappa shape index (κ3) is 2.95. The van der Waals surface area contributed by atoms with E-state index >= 15 is 0 Å². The molecule has 0 aliphatic rings. The molecule has 0 spiro atoms. The van der Waals surface area contributed by atoms with E-state index in [9.17, 15) is 20.0 Å². The maximum absolute atomic E-state index is 11.0. The van der Waals surface area contributed by atoms with Gasteiger partial charge in [0.15, 0.2) is 0 Å². The number of para-hydroxylation sites is 1. The molecular formula is C11H14N2O5. The molecule has 1 rings (SSSR count). The fraction of sp³-hybridized carbons (Fsp3) is 0.364. The summed E-state index contributed by atoms with van der Waals surface area (Å²) in [6.07, 6.45) is -0.678. The van der Waals surface area contributed by atoms with Gasteiger partial charge < -0.3 is 15.1 Å². The van der Waals surface area contributed by atoms with Crippen LogP contribution < -0.4 is 4.90 Å². The number of hydrogen-bond acceptors (Lipinski definition) is 5. The Morgan fingerprint density at radius 3 is 2.61 bits per heavy atom. The number of aliphatic hydroxyl groups excluding tert-OH is 1. The molecule has 0 aliphatic carbocycles. The van der Waals surface area contributed by atoms with Crippen LogP contribution in [0.2, 0.25) is 0 Å². The minimum Gasteiger partial charge on any atom is -0.477 e. The molecule has 1 aromatic carbocycles. The first-order valence-corrected chi connectivity index (χ1v) is 5.24. The minimum atomic E-state index is -1.35. The topological polar surface area (TPSA) is 104 Å². The maximum atomic E-state index is 11.0. The first-order chi connectivity index (χ1) is 8.34. The second-order valence-electron chi connectivity index (χ2n) is 3.97. The van der Waals surface area contributed by atoms with Crippen LogP contribution in [0.1, 0.15) is 17.3 Å². The van der Waals surface area contributed by atoms with Crippen LogP contribution >= 0.6 is 0 Å². The van der Waals surface area contributed by atoms with Crippen LogP contribution in [0.15, 0.2) is 18.2 Å². The van der Waals surface area contributed by atoms with Gasteiger partial charge in [-0.3, -0.25) is 10.1 Å². The van der Waals surface area contributed by atoms with Crippen molar-refractivity contribution in [2.75, 3.05) is 18.5 Å². The zero-order valence-corrected chi connectivity index (χ0v) is 10.0. The van der Waals surface area contributed by atoms with Gasteiger partial charge in [0.25, 0.3) is 0 Å². The van der Waals surface area contributed by atoms with Gasteiger partial charge in [-0.15, -0.1) is 0 Å². The predicted octanol–water partition coefficient (Wildman–Crippen LogP) is 1.11. The number of benzene rings is 1. The molecule has 1 unspecified atom stereocenters. The molecule has 0 bridgehead atoms. The highest BCUT2D eigenvalue weighted by Gasteiger charge is 2.26. The summed E-state index contributed by atoms with van der Waals surface area (Å²) in [5.74, 6) is -1.35. The zero-order chi connectivity index (χ0) is 13.9. The van der Waals surface area contributed by atoms with Gasteiger partial charge in [-0.25, -0.2) is 4.79 Å². The fourth-order valence-electron chi connectivity index (χ4n) is 1.70. The second-order valence-corrected chi connectivity index (χ2v) is 3.97. The summed E-state index contributed by atoms with van der Waals surface area (Å²) < 4.78 is 0. The van der Waals surface area contributed by atoms with Gasteiger partial charge in [0.1, 0.15) is 11.3 Å². The Bertz CT molecular complexity index is 473. The van der Waals surface area contributed by atoms with Gasteiger partial charge in [0.05, 0.1) is 11.0 Å². The highest BCUT2D eigenvalue weighted by atomic mass is 16.6. The number of nitro benzene ring substituents is 1. The molecule has 0 saturated heterocycles. The summed E-state index contributed by atoms with van der Waals surface area (Å²) in [4.78, 5) is 22.7. The van der Waals surface area contributed by atoms with Gasteiger partial charge >= 0.3 is 11.7 Å². The van der Waals surface area contributed by atoms with Crippen LogP contribution in [0.25, 0.3) is 0 Å². The molecule has 7 nitrogen and oxygen atoms in total. The van der Waals surface area contributed by atoms with E-state index in [1.807, 2.05) is 0 Å². The van der Waals surface area contributed by atoms with Crippen molar-refractivity contribution in [3.05, 3.63) is 33.9 Å². The van der Waals surface area contributed by atoms with Crippen LogP contribution in [0.3, 0.4) is 0 Å². The predicted molar refractivity (Wildman–Crippen MR) is 65.0 cm³/mol. The van der Waals surface area contributed by atoms with Crippen molar-refractivity contribution < 1.29 is 19.9 Å². The number of anilines is 1. The van der Waals surface area contributed by atoms with Crippen molar-refractivity contribution in [2.45, 2.75) is 13.0 Å². The molecule has 98 valence electrons. The van der Waals surface area contributed by atoms with Crippen molar-refractivity contribution in [2.24, 2.45) is 0 Å². The molecule has 1 aromatic rings. The van der Waals surface area contributed by atoms with E-state index < -0.39 is 22.7 Å². The number of carboxylic acid groups (broad SMARTS) is 1. The number of hydrogen-bond donors (Lipinski definition) is 2. The number of carbonyl (C=O) groups is 1. The second kappa shape index (κ2) is 5.46. The normalized spacial score (nSPS) is 11.9. The number of rotatable bonds is 5. The van der Waals surface area contributed by atoms with E-state index in [4.69, 9.17) is 5.11 Å². The van der Waals surface area contributed by atoms with E-state index in [0.29, 0.717) is 0 Å². The standard InChI is InChI=1S/C11H14N2O5/c1-7(14)6-12(2)9-5-3-4-8(11(15)16)10(9)13(17)18/h3-5,7,14H,6H2,1-2H3,(H,15,16). The summed E-state index contributed by atoms with van der Waals surface area (Å²) in [5, 5.41) is 29.2. The van der Waals surface area contributed by atoms with E-state index in [1.54, 1.807) is 14.0 Å². The lowest BCUT2D eigenvalue weighted by Crippen LogP contribution is -2.27. The van der Waals surface area contributed by atoms with Crippen molar-refractivity contribution in [1.29, 1.82) is 0 Å². The lowest BCUT2D eigenvalue weighted by molar-refractivity contribution is -0.384. The molecule has 2 N–H and O–H groups in total. The largest absolute Gasteiger partial charge is 0.477 e. The summed E-state index contributed by atoms with van der Waals surface area (Å²) in [6, 6.07) is 4.07. The van der Waals surface area contributed by atoms with E-state index in [0.717, 1.165) is 0 Å². The van der Waals surface area contributed by atoms with Gasteiger partial charge in [-0.1, -0.05) is 6.07 Å². The smallest absolute Gasteiger partial charge is 0.342 e. The molecule has 0 amide bonds. The number of likely N-dealkylation sites (N-methyl/N-ethyl adjacent to an activating group) is 1. The monoisotopic (exact) mass is 254 g/mol. The quantitative estimate of drug-likeness (QED) is 0.602.